The summed E-state index contributed by atoms with van der Waals surface area (Å²) >= 11 is 0. The first-order chi connectivity index (χ1) is 11.8. The van der Waals surface area contributed by atoms with Crippen molar-refractivity contribution >= 4 is 29.6 Å². The van der Waals surface area contributed by atoms with Crippen LogP contribution in [0.2, 0.25) is 0 Å². The van der Waals surface area contributed by atoms with Gasteiger partial charge in [0, 0.05) is 13.0 Å². The molecule has 140 valence electrons. The molecule has 1 rings (SSSR count). The molecule has 2 unspecified atom stereocenters. The molecule has 1 aliphatic rings. The molecule has 2 atom stereocenters. The molecule has 7 N–H and O–H groups in total. The molecular formula is C14H23N5O6. The largest absolute Gasteiger partial charge is 0.480 e. The topological polar surface area (TPSA) is 185 Å². The number of likely N-dealkylation sites (tertiary alicyclic amines) is 1. The molecule has 1 saturated heterocycles. The summed E-state index contributed by atoms with van der Waals surface area (Å²) in [5, 5.41) is 13.2. The van der Waals surface area contributed by atoms with Crippen LogP contribution in [0.4, 0.5) is 0 Å². The van der Waals surface area contributed by atoms with E-state index in [2.05, 4.69) is 10.6 Å². The maximum atomic E-state index is 12.4. The monoisotopic (exact) mass is 357 g/mol. The van der Waals surface area contributed by atoms with E-state index in [1.54, 1.807) is 0 Å². The van der Waals surface area contributed by atoms with Crippen molar-refractivity contribution in [2.75, 3.05) is 19.6 Å². The fourth-order valence-corrected chi connectivity index (χ4v) is 2.56. The van der Waals surface area contributed by atoms with Crippen molar-refractivity contribution in [3.05, 3.63) is 0 Å². The average molecular weight is 357 g/mol. The number of aliphatic carboxylic acids is 1. The molecule has 1 heterocycles. The van der Waals surface area contributed by atoms with Gasteiger partial charge in [-0.15, -0.1) is 0 Å². The number of nitrogens with zero attached hydrogens (tertiary/aromatic N) is 1. The Morgan fingerprint density at radius 2 is 1.92 bits per heavy atom. The highest BCUT2D eigenvalue weighted by atomic mass is 16.4. The number of hydrogen-bond acceptors (Lipinski definition) is 6. The molecule has 11 nitrogen and oxygen atoms in total. The van der Waals surface area contributed by atoms with Gasteiger partial charge in [0.05, 0.1) is 6.54 Å². The van der Waals surface area contributed by atoms with E-state index >= 15 is 0 Å². The number of carboxylic acids is 1. The summed E-state index contributed by atoms with van der Waals surface area (Å²) in [5.41, 5.74) is 10.4. The van der Waals surface area contributed by atoms with E-state index in [0.29, 0.717) is 19.4 Å². The van der Waals surface area contributed by atoms with Crippen molar-refractivity contribution in [2.24, 2.45) is 11.5 Å². The van der Waals surface area contributed by atoms with Crippen LogP contribution in [-0.4, -0.2) is 71.3 Å². The Bertz CT molecular complexity index is 552. The van der Waals surface area contributed by atoms with Crippen molar-refractivity contribution < 1.29 is 29.1 Å². The summed E-state index contributed by atoms with van der Waals surface area (Å²) in [6.07, 6.45) is 0.809. The lowest BCUT2D eigenvalue weighted by Crippen LogP contribution is -2.54. The number of hydrogen-bond donors (Lipinski definition) is 5. The van der Waals surface area contributed by atoms with Crippen molar-refractivity contribution in [2.45, 2.75) is 37.8 Å². The lowest BCUT2D eigenvalue weighted by Gasteiger charge is -2.25. The zero-order valence-electron chi connectivity index (χ0n) is 13.7. The highest BCUT2D eigenvalue weighted by molar-refractivity contribution is 5.93. The Morgan fingerprint density at radius 3 is 2.48 bits per heavy atom. The highest BCUT2D eigenvalue weighted by Crippen LogP contribution is 2.17. The third-order valence-corrected chi connectivity index (χ3v) is 3.78. The first-order valence-electron chi connectivity index (χ1n) is 7.84. The first-order valence-corrected chi connectivity index (χ1v) is 7.84. The Labute approximate surface area is 144 Å². The van der Waals surface area contributed by atoms with Crippen LogP contribution >= 0.6 is 0 Å². The minimum atomic E-state index is -1.25. The summed E-state index contributed by atoms with van der Waals surface area (Å²) in [5.74, 6) is -3.58. The van der Waals surface area contributed by atoms with Gasteiger partial charge in [-0.25, -0.2) is 0 Å². The maximum Gasteiger partial charge on any atom is 0.322 e. The van der Waals surface area contributed by atoms with Gasteiger partial charge in [-0.3, -0.25) is 24.0 Å². The van der Waals surface area contributed by atoms with Crippen LogP contribution in [0.3, 0.4) is 0 Å². The summed E-state index contributed by atoms with van der Waals surface area (Å²) in [6.45, 7) is -0.456. The second-order valence-corrected chi connectivity index (χ2v) is 5.63. The van der Waals surface area contributed by atoms with E-state index in [-0.39, 0.29) is 25.3 Å². The van der Waals surface area contributed by atoms with E-state index in [1.165, 1.54) is 4.90 Å². The minimum Gasteiger partial charge on any atom is -0.480 e. The van der Waals surface area contributed by atoms with Crippen LogP contribution in [0.25, 0.3) is 0 Å². The Balaban J connectivity index is 2.75. The van der Waals surface area contributed by atoms with Crippen molar-refractivity contribution in [3.8, 4) is 0 Å². The fourth-order valence-electron chi connectivity index (χ4n) is 2.56. The summed E-state index contributed by atoms with van der Waals surface area (Å²) in [4.78, 5) is 59.0. The quantitative estimate of drug-likeness (QED) is 0.289. The van der Waals surface area contributed by atoms with E-state index < -0.39 is 42.3 Å². The summed E-state index contributed by atoms with van der Waals surface area (Å²) in [6, 6.07) is -1.88. The van der Waals surface area contributed by atoms with E-state index in [4.69, 9.17) is 16.6 Å². The van der Waals surface area contributed by atoms with Gasteiger partial charge in [-0.2, -0.15) is 0 Å². The third kappa shape index (κ3) is 6.37. The van der Waals surface area contributed by atoms with Gasteiger partial charge in [-0.05, 0) is 19.3 Å². The third-order valence-electron chi connectivity index (χ3n) is 3.78. The van der Waals surface area contributed by atoms with Gasteiger partial charge < -0.3 is 32.1 Å². The van der Waals surface area contributed by atoms with E-state index in [1.807, 2.05) is 0 Å². The molecule has 0 saturated carbocycles. The molecule has 0 aromatic heterocycles. The van der Waals surface area contributed by atoms with E-state index in [9.17, 15) is 24.0 Å². The number of nitrogens with two attached hydrogens (primary N) is 2. The van der Waals surface area contributed by atoms with Crippen LogP contribution in [0, 0.1) is 0 Å². The summed E-state index contributed by atoms with van der Waals surface area (Å²) in [7, 11) is 0. The van der Waals surface area contributed by atoms with Crippen LogP contribution in [0.1, 0.15) is 25.7 Å². The van der Waals surface area contributed by atoms with Gasteiger partial charge in [0.2, 0.25) is 23.6 Å². The van der Waals surface area contributed by atoms with Crippen molar-refractivity contribution in [3.63, 3.8) is 0 Å². The lowest BCUT2D eigenvalue weighted by atomic mass is 10.1. The first kappa shape index (κ1) is 20.4. The van der Waals surface area contributed by atoms with Crippen LogP contribution in [0.5, 0.6) is 0 Å². The highest BCUT2D eigenvalue weighted by Gasteiger charge is 2.35. The number of nitrogens with one attached hydrogen (secondary N) is 2. The van der Waals surface area contributed by atoms with Gasteiger partial charge in [0.1, 0.15) is 18.6 Å². The van der Waals surface area contributed by atoms with Crippen LogP contribution < -0.4 is 22.1 Å². The maximum absolute atomic E-state index is 12.4. The second kappa shape index (κ2) is 9.57. The molecule has 0 spiro atoms. The van der Waals surface area contributed by atoms with Crippen molar-refractivity contribution in [1.82, 2.24) is 15.5 Å². The molecule has 1 fully saturated rings. The predicted octanol–water partition coefficient (Wildman–Crippen LogP) is -3.11. The van der Waals surface area contributed by atoms with Gasteiger partial charge >= 0.3 is 5.97 Å². The molecule has 0 bridgehead atoms. The Morgan fingerprint density at radius 1 is 1.24 bits per heavy atom. The minimum absolute atomic E-state index is 0.0793. The van der Waals surface area contributed by atoms with Gasteiger partial charge in [0.15, 0.2) is 0 Å². The van der Waals surface area contributed by atoms with Crippen LogP contribution in [-0.2, 0) is 24.0 Å². The lowest BCUT2D eigenvalue weighted by molar-refractivity contribution is -0.140. The molecule has 25 heavy (non-hydrogen) atoms. The van der Waals surface area contributed by atoms with E-state index in [0.717, 1.165) is 0 Å². The Hall–Kier alpha value is -2.69. The molecule has 0 aromatic carbocycles. The zero-order valence-corrected chi connectivity index (χ0v) is 13.7. The van der Waals surface area contributed by atoms with Crippen LogP contribution in [0.15, 0.2) is 0 Å². The molecule has 0 radical (unpaired) electrons. The Kier molecular flexibility index (Phi) is 7.79. The average Bonchev–Trinajstić information content (AvgIpc) is 3.04. The summed E-state index contributed by atoms with van der Waals surface area (Å²) < 4.78 is 0. The molecule has 0 aliphatic carbocycles. The standard InChI is InChI=1S/C14H23N5O6/c15-6-11(21)19-5-1-2-9(19)14(25)18-8(3-4-10(16)20)13(24)17-7-12(22)23/h8-9H,1-7,15H2,(H2,16,20)(H,17,24)(H,18,25)(H,22,23). The number of carbonyl (C=O) groups is 5. The predicted molar refractivity (Wildman–Crippen MR) is 84.8 cm³/mol. The van der Waals surface area contributed by atoms with Gasteiger partial charge in [0.25, 0.3) is 0 Å². The second-order valence-electron chi connectivity index (χ2n) is 5.63. The molecule has 0 aromatic rings. The number of amides is 4. The zero-order chi connectivity index (χ0) is 19.0. The fraction of sp³-hybridized carbons (Fsp3) is 0.643. The number of primary amides is 1. The smallest absolute Gasteiger partial charge is 0.322 e. The SMILES string of the molecule is NCC(=O)N1CCCC1C(=O)NC(CCC(N)=O)C(=O)NCC(=O)O. The van der Waals surface area contributed by atoms with Gasteiger partial charge in [-0.1, -0.05) is 0 Å². The molecule has 4 amide bonds. The number of rotatable bonds is 9. The number of carboxylic acid groups (broad SMARTS) is 1. The van der Waals surface area contributed by atoms with Crippen molar-refractivity contribution in [1.29, 1.82) is 0 Å². The molecular weight excluding hydrogens is 334 g/mol. The number of carbonyl (C=O) groups excluding carboxylic acids is 4. The molecule has 1 aliphatic heterocycles. The normalized spacial score (nSPS) is 17.6. The molecule has 11 heteroatoms.